The molecule has 0 N–H and O–H groups in total. The Hall–Kier alpha value is -7.54. The normalized spacial score (nSPS) is 12.9. The molecule has 1 spiro atoms. The van der Waals surface area contributed by atoms with E-state index < -0.39 is 0 Å². The lowest BCUT2D eigenvalue weighted by Crippen LogP contribution is -2.25. The van der Waals surface area contributed by atoms with Gasteiger partial charge in [0.2, 0.25) is 0 Å². The van der Waals surface area contributed by atoms with Crippen LogP contribution in [0.3, 0.4) is 0 Å². The van der Waals surface area contributed by atoms with E-state index in [0.717, 1.165) is 0 Å². The SMILES string of the molecule is c1ccc(-c2ccc(-c3cc(-c4ccc(-c5ccc6ccccc6c5)cc4)cc(-c4ccc5c(c4)C4(c6ccccc6-c6ccccc64)c4ccccc4-5)c3)cc2)cc1. The maximum atomic E-state index is 2.50. The summed E-state index contributed by atoms with van der Waals surface area (Å²) in [4.78, 5) is 0. The maximum absolute atomic E-state index is 2.50. The van der Waals surface area contributed by atoms with E-state index in [4.69, 9.17) is 0 Å². The summed E-state index contributed by atoms with van der Waals surface area (Å²) < 4.78 is 0. The number of rotatable bonds is 5. The molecule has 0 nitrogen and oxygen atoms in total. The minimum absolute atomic E-state index is 0.387. The Labute approximate surface area is 345 Å². The number of benzene rings is 10. The number of hydrogen-bond acceptors (Lipinski definition) is 0. The Bertz CT molecular complexity index is 3180. The Morgan fingerprint density at radius 3 is 1.10 bits per heavy atom. The zero-order valence-corrected chi connectivity index (χ0v) is 32.4. The van der Waals surface area contributed by atoms with Crippen LogP contribution in [0.4, 0.5) is 0 Å². The van der Waals surface area contributed by atoms with Crippen molar-refractivity contribution in [2.24, 2.45) is 0 Å². The highest BCUT2D eigenvalue weighted by Gasteiger charge is 2.51. The second kappa shape index (κ2) is 13.3. The summed E-state index contributed by atoms with van der Waals surface area (Å²) in [5, 5.41) is 2.52. The van der Waals surface area contributed by atoms with Crippen LogP contribution in [0.5, 0.6) is 0 Å². The summed E-state index contributed by atoms with van der Waals surface area (Å²) in [6.45, 7) is 0. The van der Waals surface area contributed by atoms with Gasteiger partial charge in [-0.2, -0.15) is 0 Å². The lowest BCUT2D eigenvalue weighted by atomic mass is 9.70. The van der Waals surface area contributed by atoms with Crippen LogP contribution >= 0.6 is 0 Å². The van der Waals surface area contributed by atoms with Crippen LogP contribution in [0.1, 0.15) is 22.3 Å². The van der Waals surface area contributed by atoms with E-state index in [2.05, 4.69) is 231 Å². The van der Waals surface area contributed by atoms with E-state index in [0.29, 0.717) is 0 Å². The molecule has 0 heterocycles. The zero-order chi connectivity index (χ0) is 38.9. The first kappa shape index (κ1) is 33.6. The molecule has 10 aromatic carbocycles. The van der Waals surface area contributed by atoms with Gasteiger partial charge in [-0.3, -0.25) is 0 Å². The maximum Gasteiger partial charge on any atom is 0.0725 e. The van der Waals surface area contributed by atoms with Gasteiger partial charge in [-0.25, -0.2) is 0 Å². The van der Waals surface area contributed by atoms with Crippen molar-refractivity contribution in [3.63, 3.8) is 0 Å². The van der Waals surface area contributed by atoms with E-state index in [1.807, 2.05) is 0 Å². The molecule has 0 aliphatic heterocycles. The fraction of sp³-hybridized carbons (Fsp3) is 0.0169. The Morgan fingerprint density at radius 1 is 0.186 bits per heavy atom. The van der Waals surface area contributed by atoms with Crippen molar-refractivity contribution in [2.75, 3.05) is 0 Å². The monoisotopic (exact) mass is 746 g/mol. The minimum atomic E-state index is -0.387. The molecule has 12 rings (SSSR count). The van der Waals surface area contributed by atoms with E-state index in [-0.39, 0.29) is 5.41 Å². The first-order valence-electron chi connectivity index (χ1n) is 20.6. The fourth-order valence-electron chi connectivity index (χ4n) is 10.1. The molecule has 2 aliphatic rings. The average molecular weight is 747 g/mol. The molecule has 0 fully saturated rings. The minimum Gasteiger partial charge on any atom is -0.0622 e. The lowest BCUT2D eigenvalue weighted by molar-refractivity contribution is 0.794. The summed E-state index contributed by atoms with van der Waals surface area (Å²) in [5.74, 6) is 0. The smallest absolute Gasteiger partial charge is 0.0622 e. The van der Waals surface area contributed by atoms with Gasteiger partial charge in [0, 0.05) is 0 Å². The third-order valence-electron chi connectivity index (χ3n) is 12.9. The van der Waals surface area contributed by atoms with Gasteiger partial charge in [-0.1, -0.05) is 200 Å². The largest absolute Gasteiger partial charge is 0.0725 e. The third kappa shape index (κ3) is 5.23. The van der Waals surface area contributed by atoms with Crippen molar-refractivity contribution in [3.8, 4) is 77.9 Å². The molecule has 0 aromatic heterocycles. The van der Waals surface area contributed by atoms with Gasteiger partial charge in [0.05, 0.1) is 5.41 Å². The van der Waals surface area contributed by atoms with Gasteiger partial charge in [-0.15, -0.1) is 0 Å². The van der Waals surface area contributed by atoms with Crippen LogP contribution in [-0.2, 0) is 5.41 Å². The second-order valence-corrected chi connectivity index (χ2v) is 16.0. The molecule has 2 aliphatic carbocycles. The molecular formula is C59H38. The topological polar surface area (TPSA) is 0 Å². The molecule has 0 heteroatoms. The Balaban J connectivity index is 1.02. The van der Waals surface area contributed by atoms with E-state index >= 15 is 0 Å². The third-order valence-corrected chi connectivity index (χ3v) is 12.9. The molecule has 274 valence electrons. The standard InChI is InChI=1S/C59H38/c1-2-12-39(13-3-1)41-22-26-43(27-23-41)48-35-49(44-28-24-42(25-29-44)46-31-30-40-14-4-5-15-45(40)34-46)37-50(36-48)47-32-33-54-53-18-8-11-21-57(53)59(58(54)38-47)55-19-9-6-16-51(55)52-17-7-10-20-56(52)59/h1-38H. The van der Waals surface area contributed by atoms with Crippen LogP contribution in [0.25, 0.3) is 88.7 Å². The predicted molar refractivity (Wildman–Crippen MR) is 247 cm³/mol. The molecule has 0 saturated carbocycles. The average Bonchev–Trinajstić information content (AvgIpc) is 3.79. The van der Waals surface area contributed by atoms with E-state index in [1.54, 1.807) is 0 Å². The highest BCUT2D eigenvalue weighted by Crippen LogP contribution is 2.63. The molecule has 0 atom stereocenters. The van der Waals surface area contributed by atoms with Crippen LogP contribution in [0.2, 0.25) is 0 Å². The summed E-state index contributed by atoms with van der Waals surface area (Å²) in [6, 6.07) is 85.6. The lowest BCUT2D eigenvalue weighted by Gasteiger charge is -2.30. The molecule has 0 unspecified atom stereocenters. The van der Waals surface area contributed by atoms with E-state index in [9.17, 15) is 0 Å². The van der Waals surface area contributed by atoms with Gasteiger partial charge in [0.25, 0.3) is 0 Å². The van der Waals surface area contributed by atoms with Gasteiger partial charge < -0.3 is 0 Å². The van der Waals surface area contributed by atoms with Crippen LogP contribution < -0.4 is 0 Å². The molecule has 0 saturated heterocycles. The highest BCUT2D eigenvalue weighted by atomic mass is 14.5. The highest BCUT2D eigenvalue weighted by molar-refractivity contribution is 5.96. The summed E-state index contributed by atoms with van der Waals surface area (Å²) in [6.07, 6.45) is 0. The van der Waals surface area contributed by atoms with Crippen molar-refractivity contribution < 1.29 is 0 Å². The van der Waals surface area contributed by atoms with Crippen molar-refractivity contribution >= 4 is 10.8 Å². The summed E-state index contributed by atoms with van der Waals surface area (Å²) in [7, 11) is 0. The first-order valence-corrected chi connectivity index (χ1v) is 20.6. The van der Waals surface area contributed by atoms with Crippen molar-refractivity contribution in [1.29, 1.82) is 0 Å². The van der Waals surface area contributed by atoms with Crippen LogP contribution in [-0.4, -0.2) is 0 Å². The molecule has 59 heavy (non-hydrogen) atoms. The number of fused-ring (bicyclic) bond motifs is 11. The predicted octanol–water partition coefficient (Wildman–Crippen LogP) is 15.5. The molecule has 10 aromatic rings. The van der Waals surface area contributed by atoms with Crippen LogP contribution in [0, 0.1) is 0 Å². The Morgan fingerprint density at radius 2 is 0.542 bits per heavy atom. The Kier molecular flexibility index (Phi) is 7.55. The van der Waals surface area contributed by atoms with E-state index in [1.165, 1.54) is 111 Å². The van der Waals surface area contributed by atoms with Gasteiger partial charge in [0.1, 0.15) is 0 Å². The molecule has 0 radical (unpaired) electrons. The van der Waals surface area contributed by atoms with Crippen molar-refractivity contribution in [2.45, 2.75) is 5.41 Å². The summed E-state index contributed by atoms with van der Waals surface area (Å²) in [5.41, 5.74) is 22.4. The molecular weight excluding hydrogens is 709 g/mol. The van der Waals surface area contributed by atoms with Crippen molar-refractivity contribution in [1.82, 2.24) is 0 Å². The summed E-state index contributed by atoms with van der Waals surface area (Å²) >= 11 is 0. The quantitative estimate of drug-likeness (QED) is 0.165. The fourth-order valence-corrected chi connectivity index (χ4v) is 10.1. The molecule has 0 amide bonds. The van der Waals surface area contributed by atoms with Gasteiger partial charge in [0.15, 0.2) is 0 Å². The van der Waals surface area contributed by atoms with Crippen LogP contribution in [0.15, 0.2) is 231 Å². The van der Waals surface area contributed by atoms with Gasteiger partial charge >= 0.3 is 0 Å². The van der Waals surface area contributed by atoms with Gasteiger partial charge in [-0.05, 0) is 141 Å². The van der Waals surface area contributed by atoms with Crippen molar-refractivity contribution in [3.05, 3.63) is 253 Å². The second-order valence-electron chi connectivity index (χ2n) is 16.0. The molecule has 0 bridgehead atoms. The first-order chi connectivity index (χ1) is 29.2. The number of hydrogen-bond donors (Lipinski definition) is 0. The zero-order valence-electron chi connectivity index (χ0n) is 32.4.